The van der Waals surface area contributed by atoms with Gasteiger partial charge in [-0.2, -0.15) is 5.26 Å². The number of pyridine rings is 1. The highest BCUT2D eigenvalue weighted by Gasteiger charge is 2.26. The van der Waals surface area contributed by atoms with E-state index < -0.39 is 23.8 Å². The molecule has 94 valence electrons. The zero-order valence-corrected chi connectivity index (χ0v) is 9.83. The number of rotatable bonds is 5. The molecule has 0 aliphatic rings. The molecule has 0 aliphatic carbocycles. The lowest BCUT2D eigenvalue weighted by Crippen LogP contribution is -2.45. The third-order valence-electron chi connectivity index (χ3n) is 2.48. The van der Waals surface area contributed by atoms with E-state index in [1.54, 1.807) is 6.92 Å². The molecule has 1 rings (SSSR count). The van der Waals surface area contributed by atoms with Crippen molar-refractivity contribution in [3.63, 3.8) is 0 Å². The second-order valence-electron chi connectivity index (χ2n) is 3.86. The number of carboxylic acid groups (broad SMARTS) is 1. The van der Waals surface area contributed by atoms with Crippen molar-refractivity contribution in [2.24, 2.45) is 5.92 Å². The van der Waals surface area contributed by atoms with Crippen molar-refractivity contribution in [2.45, 2.75) is 19.4 Å². The maximum atomic E-state index is 11.8. The second-order valence-corrected chi connectivity index (χ2v) is 3.86. The minimum atomic E-state index is -1.15. The molecule has 1 aromatic heterocycles. The Balaban J connectivity index is 2.77. The zero-order chi connectivity index (χ0) is 13.5. The first-order chi connectivity index (χ1) is 8.56. The van der Waals surface area contributed by atoms with Gasteiger partial charge in [0.05, 0.1) is 6.07 Å². The van der Waals surface area contributed by atoms with Crippen LogP contribution in [0.1, 0.15) is 23.7 Å². The Labute approximate surface area is 104 Å². The monoisotopic (exact) mass is 247 g/mol. The third kappa shape index (κ3) is 3.56. The Morgan fingerprint density at radius 1 is 1.50 bits per heavy atom. The van der Waals surface area contributed by atoms with Crippen LogP contribution in [-0.2, 0) is 4.79 Å². The predicted molar refractivity (Wildman–Crippen MR) is 62.5 cm³/mol. The van der Waals surface area contributed by atoms with E-state index in [0.29, 0.717) is 5.56 Å². The van der Waals surface area contributed by atoms with Gasteiger partial charge in [0.25, 0.3) is 5.91 Å². The Morgan fingerprint density at radius 3 is 2.61 bits per heavy atom. The zero-order valence-electron chi connectivity index (χ0n) is 9.83. The molecule has 1 aromatic rings. The van der Waals surface area contributed by atoms with Gasteiger partial charge >= 0.3 is 5.97 Å². The van der Waals surface area contributed by atoms with E-state index in [1.807, 2.05) is 6.07 Å². The molecule has 2 N–H and O–H groups in total. The highest BCUT2D eigenvalue weighted by molar-refractivity contribution is 5.96. The molecule has 0 saturated carbocycles. The molecular formula is C12H13N3O3. The maximum absolute atomic E-state index is 11.8. The molecule has 0 bridgehead atoms. The molecule has 0 saturated heterocycles. The molecule has 1 amide bonds. The van der Waals surface area contributed by atoms with E-state index in [-0.39, 0.29) is 6.42 Å². The minimum absolute atomic E-state index is 0.0631. The quantitative estimate of drug-likeness (QED) is 0.801. The van der Waals surface area contributed by atoms with Gasteiger partial charge in [-0.1, -0.05) is 6.92 Å². The van der Waals surface area contributed by atoms with Gasteiger partial charge in [-0.15, -0.1) is 0 Å². The smallest absolute Gasteiger partial charge is 0.326 e. The summed E-state index contributed by atoms with van der Waals surface area (Å²) in [6.07, 6.45) is 2.96. The van der Waals surface area contributed by atoms with E-state index in [9.17, 15) is 9.59 Å². The van der Waals surface area contributed by atoms with Gasteiger partial charge in [0, 0.05) is 30.3 Å². The van der Waals surface area contributed by atoms with Crippen LogP contribution in [0.25, 0.3) is 0 Å². The summed E-state index contributed by atoms with van der Waals surface area (Å²) in [6, 6.07) is 3.79. The molecule has 18 heavy (non-hydrogen) atoms. The number of nitrogens with one attached hydrogen (secondary N) is 1. The van der Waals surface area contributed by atoms with Crippen LogP contribution in [0.3, 0.4) is 0 Å². The third-order valence-corrected chi connectivity index (χ3v) is 2.48. The van der Waals surface area contributed by atoms with Crippen molar-refractivity contribution in [1.29, 1.82) is 5.26 Å². The number of aliphatic carboxylic acids is 1. The second kappa shape index (κ2) is 6.35. The fraction of sp³-hybridized carbons (Fsp3) is 0.333. The number of nitriles is 1. The summed E-state index contributed by atoms with van der Waals surface area (Å²) < 4.78 is 0. The molecular weight excluding hydrogens is 234 g/mol. The van der Waals surface area contributed by atoms with E-state index in [0.717, 1.165) is 0 Å². The van der Waals surface area contributed by atoms with Crippen molar-refractivity contribution in [2.75, 3.05) is 0 Å². The van der Waals surface area contributed by atoms with Crippen LogP contribution in [0.4, 0.5) is 0 Å². The van der Waals surface area contributed by atoms with Gasteiger partial charge < -0.3 is 10.4 Å². The van der Waals surface area contributed by atoms with Gasteiger partial charge in [-0.3, -0.25) is 9.78 Å². The normalized spacial score (nSPS) is 13.1. The number of hydrogen-bond donors (Lipinski definition) is 2. The number of aromatic nitrogens is 1. The van der Waals surface area contributed by atoms with Crippen molar-refractivity contribution in [3.8, 4) is 6.07 Å². The van der Waals surface area contributed by atoms with Crippen molar-refractivity contribution in [1.82, 2.24) is 10.3 Å². The van der Waals surface area contributed by atoms with E-state index in [4.69, 9.17) is 10.4 Å². The Kier molecular flexibility index (Phi) is 4.81. The molecule has 6 nitrogen and oxygen atoms in total. The van der Waals surface area contributed by atoms with E-state index in [2.05, 4.69) is 10.3 Å². The van der Waals surface area contributed by atoms with Crippen molar-refractivity contribution < 1.29 is 14.7 Å². The number of hydrogen-bond acceptors (Lipinski definition) is 4. The number of nitrogens with zero attached hydrogens (tertiary/aromatic N) is 2. The van der Waals surface area contributed by atoms with E-state index >= 15 is 0 Å². The number of amides is 1. The fourth-order valence-corrected chi connectivity index (χ4v) is 1.44. The van der Waals surface area contributed by atoms with Gasteiger partial charge in [-0.25, -0.2) is 4.79 Å². The Morgan fingerprint density at radius 2 is 2.11 bits per heavy atom. The number of carbonyl (C=O) groups excluding carboxylic acids is 1. The molecule has 1 heterocycles. The fourth-order valence-electron chi connectivity index (χ4n) is 1.44. The molecule has 0 unspecified atom stereocenters. The van der Waals surface area contributed by atoms with Gasteiger partial charge in [0.1, 0.15) is 6.04 Å². The Bertz CT molecular complexity index is 467. The van der Waals surface area contributed by atoms with Crippen LogP contribution >= 0.6 is 0 Å². The first kappa shape index (κ1) is 13.6. The topological polar surface area (TPSA) is 103 Å². The first-order valence-electron chi connectivity index (χ1n) is 5.37. The summed E-state index contributed by atoms with van der Waals surface area (Å²) in [4.78, 5) is 26.6. The average molecular weight is 247 g/mol. The SMILES string of the molecule is C[C@@H](CC#N)[C@@H](NC(=O)c1ccncc1)C(=O)O. The van der Waals surface area contributed by atoms with Gasteiger partial charge in [0.2, 0.25) is 0 Å². The lowest BCUT2D eigenvalue weighted by atomic mass is 9.98. The van der Waals surface area contributed by atoms with E-state index in [1.165, 1.54) is 24.5 Å². The largest absolute Gasteiger partial charge is 0.480 e. The summed E-state index contributed by atoms with van der Waals surface area (Å²) >= 11 is 0. The maximum Gasteiger partial charge on any atom is 0.326 e. The van der Waals surface area contributed by atoms with Gasteiger partial charge in [-0.05, 0) is 12.1 Å². The summed E-state index contributed by atoms with van der Waals surface area (Å²) in [7, 11) is 0. The van der Waals surface area contributed by atoms with Crippen molar-refractivity contribution >= 4 is 11.9 Å². The first-order valence-corrected chi connectivity index (χ1v) is 5.37. The predicted octanol–water partition coefficient (Wildman–Crippen LogP) is 0.814. The highest BCUT2D eigenvalue weighted by atomic mass is 16.4. The van der Waals surface area contributed by atoms with Crippen molar-refractivity contribution in [3.05, 3.63) is 30.1 Å². The molecule has 2 atom stereocenters. The van der Waals surface area contributed by atoms with Crippen LogP contribution in [0.2, 0.25) is 0 Å². The molecule has 0 aromatic carbocycles. The standard InChI is InChI=1S/C12H13N3O3/c1-8(2-5-13)10(12(17)18)15-11(16)9-3-6-14-7-4-9/h3-4,6-8,10H,2H2,1H3,(H,15,16)(H,17,18)/t8-,10+/m0/s1. The molecule has 0 spiro atoms. The number of carboxylic acids is 1. The number of carbonyl (C=O) groups is 2. The average Bonchev–Trinajstić information content (AvgIpc) is 2.36. The summed E-state index contributed by atoms with van der Waals surface area (Å²) in [5.41, 5.74) is 0.334. The summed E-state index contributed by atoms with van der Waals surface area (Å²) in [5.74, 6) is -2.10. The molecule has 0 aliphatic heterocycles. The van der Waals surface area contributed by atoms with Crippen LogP contribution < -0.4 is 5.32 Å². The van der Waals surface area contributed by atoms with Crippen LogP contribution in [0.15, 0.2) is 24.5 Å². The lowest BCUT2D eigenvalue weighted by molar-refractivity contribution is -0.140. The summed E-state index contributed by atoms with van der Waals surface area (Å²) in [5, 5.41) is 20.0. The van der Waals surface area contributed by atoms with Crippen LogP contribution in [-0.4, -0.2) is 28.0 Å². The van der Waals surface area contributed by atoms with Crippen LogP contribution in [0, 0.1) is 17.2 Å². The Hall–Kier alpha value is -2.42. The van der Waals surface area contributed by atoms with Gasteiger partial charge in [0.15, 0.2) is 0 Å². The molecule has 0 fully saturated rings. The minimum Gasteiger partial charge on any atom is -0.480 e. The summed E-state index contributed by atoms with van der Waals surface area (Å²) in [6.45, 7) is 1.61. The van der Waals surface area contributed by atoms with Crippen LogP contribution in [0.5, 0.6) is 0 Å². The molecule has 0 radical (unpaired) electrons. The highest BCUT2D eigenvalue weighted by Crippen LogP contribution is 2.09. The molecule has 6 heteroatoms. The lowest BCUT2D eigenvalue weighted by Gasteiger charge is -2.19.